The number of thiophene rings is 1. The third-order valence-electron chi connectivity index (χ3n) is 5.89. The van der Waals surface area contributed by atoms with Crippen LogP contribution in [0.1, 0.15) is 40.6 Å². The van der Waals surface area contributed by atoms with E-state index < -0.39 is 5.92 Å². The zero-order valence-corrected chi connectivity index (χ0v) is 21.4. The standard InChI is InChI=1S/C26H27FN4O2S2/c1-4-31-15-34-26(30-31)29-24(32)16(2)23(19-6-5-7-20(27)14-19)22-13-12-21(35-22)17-8-10-18(11-9-17)25(33)28-3/h5-14,16,23H,4,15H2,1-3H3,(H,28,33)(H,29,30,32)/t16-,23-/m0/s1. The molecule has 0 saturated heterocycles. The van der Waals surface area contributed by atoms with Gasteiger partial charge in [-0.3, -0.25) is 14.6 Å². The molecule has 0 fully saturated rings. The minimum Gasteiger partial charge on any atom is -0.355 e. The van der Waals surface area contributed by atoms with Gasteiger partial charge in [0.2, 0.25) is 5.91 Å². The molecule has 0 aliphatic carbocycles. The van der Waals surface area contributed by atoms with Crippen LogP contribution in [-0.2, 0) is 4.79 Å². The van der Waals surface area contributed by atoms with E-state index in [2.05, 4.69) is 15.7 Å². The topological polar surface area (TPSA) is 73.8 Å². The quantitative estimate of drug-likeness (QED) is 0.464. The SMILES string of the molecule is CCN1CSC(NC(=O)[C@@H](C)[C@@H](c2cccc(F)c2)c2ccc(-c3ccc(C(=O)NC)cc3)s2)=N1. The molecule has 0 radical (unpaired) electrons. The summed E-state index contributed by atoms with van der Waals surface area (Å²) in [5, 5.41) is 12.4. The van der Waals surface area contributed by atoms with Gasteiger partial charge in [-0.2, -0.15) is 5.10 Å². The van der Waals surface area contributed by atoms with Crippen LogP contribution < -0.4 is 10.6 Å². The molecular formula is C26H27FN4O2S2. The van der Waals surface area contributed by atoms with Crippen molar-refractivity contribution in [2.45, 2.75) is 19.8 Å². The summed E-state index contributed by atoms with van der Waals surface area (Å²) in [5.41, 5.74) is 2.30. The number of halogens is 1. The number of rotatable bonds is 7. The lowest BCUT2D eigenvalue weighted by molar-refractivity contribution is -0.123. The molecule has 0 bridgehead atoms. The molecule has 2 heterocycles. The van der Waals surface area contributed by atoms with E-state index in [-0.39, 0.29) is 23.5 Å². The van der Waals surface area contributed by atoms with Crippen molar-refractivity contribution in [3.8, 4) is 10.4 Å². The highest BCUT2D eigenvalue weighted by atomic mass is 32.2. The summed E-state index contributed by atoms with van der Waals surface area (Å²) in [6, 6.07) is 17.8. The lowest BCUT2D eigenvalue weighted by Gasteiger charge is -2.23. The van der Waals surface area contributed by atoms with Crippen LogP contribution in [0.15, 0.2) is 65.8 Å². The first-order chi connectivity index (χ1) is 16.9. The normalized spacial score (nSPS) is 14.9. The van der Waals surface area contributed by atoms with E-state index in [9.17, 15) is 14.0 Å². The minimum atomic E-state index is -0.460. The Bertz CT molecular complexity index is 1240. The molecule has 182 valence electrons. The van der Waals surface area contributed by atoms with Crippen LogP contribution in [0.5, 0.6) is 0 Å². The van der Waals surface area contributed by atoms with Crippen molar-refractivity contribution in [2.75, 3.05) is 19.5 Å². The molecule has 2 atom stereocenters. The Morgan fingerprint density at radius 2 is 1.91 bits per heavy atom. The molecule has 9 heteroatoms. The molecule has 1 aliphatic rings. The van der Waals surface area contributed by atoms with Crippen molar-refractivity contribution in [3.63, 3.8) is 0 Å². The highest BCUT2D eigenvalue weighted by molar-refractivity contribution is 8.14. The van der Waals surface area contributed by atoms with E-state index in [0.29, 0.717) is 16.6 Å². The zero-order valence-electron chi connectivity index (χ0n) is 19.7. The minimum absolute atomic E-state index is 0.137. The predicted molar refractivity (Wildman–Crippen MR) is 141 cm³/mol. The van der Waals surface area contributed by atoms with Crippen LogP contribution in [0, 0.1) is 11.7 Å². The number of carbonyl (C=O) groups is 2. The highest BCUT2D eigenvalue weighted by Gasteiger charge is 2.30. The Labute approximate surface area is 212 Å². The maximum absolute atomic E-state index is 14.2. The van der Waals surface area contributed by atoms with Gasteiger partial charge in [0.15, 0.2) is 5.17 Å². The number of hydrazone groups is 1. The van der Waals surface area contributed by atoms with E-state index in [1.165, 1.54) is 23.9 Å². The highest BCUT2D eigenvalue weighted by Crippen LogP contribution is 2.40. The molecule has 3 aromatic rings. The number of hydrogen-bond acceptors (Lipinski definition) is 6. The number of benzene rings is 2. The third-order valence-corrected chi connectivity index (χ3v) is 7.99. The fourth-order valence-electron chi connectivity index (χ4n) is 3.92. The number of carbonyl (C=O) groups excluding carboxylic acids is 2. The van der Waals surface area contributed by atoms with E-state index in [1.807, 2.05) is 49.2 Å². The second-order valence-corrected chi connectivity index (χ2v) is 10.2. The molecule has 1 aliphatic heterocycles. The number of thioether (sulfide) groups is 1. The number of hydrogen-bond donors (Lipinski definition) is 2. The summed E-state index contributed by atoms with van der Waals surface area (Å²) in [6.07, 6.45) is 0. The summed E-state index contributed by atoms with van der Waals surface area (Å²) in [6.45, 7) is 4.65. The second kappa shape index (κ2) is 11.0. The Morgan fingerprint density at radius 3 is 2.57 bits per heavy atom. The first kappa shape index (κ1) is 24.9. The molecule has 2 amide bonds. The van der Waals surface area contributed by atoms with Crippen molar-refractivity contribution >= 4 is 40.1 Å². The maximum atomic E-state index is 14.2. The van der Waals surface area contributed by atoms with Crippen molar-refractivity contribution in [1.29, 1.82) is 0 Å². The van der Waals surface area contributed by atoms with Gasteiger partial charge in [-0.25, -0.2) is 4.39 Å². The summed E-state index contributed by atoms with van der Waals surface area (Å²) >= 11 is 3.05. The molecule has 35 heavy (non-hydrogen) atoms. The van der Waals surface area contributed by atoms with Crippen molar-refractivity contribution in [2.24, 2.45) is 11.0 Å². The fourth-order valence-corrected chi connectivity index (χ4v) is 6.03. The lowest BCUT2D eigenvalue weighted by atomic mass is 9.85. The zero-order chi connectivity index (χ0) is 24.9. The van der Waals surface area contributed by atoms with Crippen molar-refractivity contribution in [1.82, 2.24) is 15.6 Å². The Kier molecular flexibility index (Phi) is 7.87. The molecule has 0 saturated carbocycles. The molecular weight excluding hydrogens is 483 g/mol. The molecule has 1 aromatic heterocycles. The Morgan fingerprint density at radius 1 is 1.14 bits per heavy atom. The van der Waals surface area contributed by atoms with E-state index in [4.69, 9.17) is 0 Å². The summed E-state index contributed by atoms with van der Waals surface area (Å²) in [4.78, 5) is 27.0. The van der Waals surface area contributed by atoms with E-state index >= 15 is 0 Å². The van der Waals surface area contributed by atoms with Gasteiger partial charge in [0.05, 0.1) is 5.88 Å². The van der Waals surface area contributed by atoms with Gasteiger partial charge < -0.3 is 10.6 Å². The summed E-state index contributed by atoms with van der Waals surface area (Å²) in [7, 11) is 1.60. The van der Waals surface area contributed by atoms with Crippen LogP contribution >= 0.6 is 23.1 Å². The first-order valence-electron chi connectivity index (χ1n) is 11.3. The van der Waals surface area contributed by atoms with Gasteiger partial charge in [0.1, 0.15) is 5.82 Å². The number of nitrogens with zero attached hydrogens (tertiary/aromatic N) is 2. The van der Waals surface area contributed by atoms with Crippen LogP contribution in [0.25, 0.3) is 10.4 Å². The van der Waals surface area contributed by atoms with E-state index in [0.717, 1.165) is 27.4 Å². The maximum Gasteiger partial charge on any atom is 0.251 e. The van der Waals surface area contributed by atoms with E-state index in [1.54, 1.807) is 36.6 Å². The number of nitrogens with one attached hydrogen (secondary N) is 2. The molecule has 0 unspecified atom stereocenters. The van der Waals surface area contributed by atoms with Gasteiger partial charge in [-0.1, -0.05) is 43.0 Å². The van der Waals surface area contributed by atoms with Crippen LogP contribution in [0.3, 0.4) is 0 Å². The molecule has 6 nitrogen and oxygen atoms in total. The number of amidine groups is 1. The summed E-state index contributed by atoms with van der Waals surface area (Å²) < 4.78 is 14.2. The predicted octanol–water partition coefficient (Wildman–Crippen LogP) is 5.10. The van der Waals surface area contributed by atoms with Crippen molar-refractivity contribution < 1.29 is 14.0 Å². The molecule has 4 rings (SSSR count). The van der Waals surface area contributed by atoms with Gasteiger partial charge >= 0.3 is 0 Å². The Hall–Kier alpha value is -3.17. The fraction of sp³-hybridized carbons (Fsp3) is 0.269. The number of amides is 2. The van der Waals surface area contributed by atoms with Crippen LogP contribution in [-0.4, -0.2) is 41.5 Å². The average Bonchev–Trinajstić information content (AvgIpc) is 3.54. The van der Waals surface area contributed by atoms with Gasteiger partial charge in [-0.05, 0) is 54.4 Å². The van der Waals surface area contributed by atoms with Crippen LogP contribution in [0.4, 0.5) is 4.39 Å². The molecule has 2 N–H and O–H groups in total. The summed E-state index contributed by atoms with van der Waals surface area (Å²) in [5.74, 6) is -0.714. The monoisotopic (exact) mass is 510 g/mol. The lowest BCUT2D eigenvalue weighted by Crippen LogP contribution is -2.35. The van der Waals surface area contributed by atoms with Gasteiger partial charge in [0.25, 0.3) is 5.91 Å². The van der Waals surface area contributed by atoms with Gasteiger partial charge in [-0.15, -0.1) is 11.3 Å². The smallest absolute Gasteiger partial charge is 0.251 e. The molecule has 2 aromatic carbocycles. The second-order valence-electron chi connectivity index (χ2n) is 8.17. The molecule has 0 spiro atoms. The first-order valence-corrected chi connectivity index (χ1v) is 13.1. The average molecular weight is 511 g/mol. The third kappa shape index (κ3) is 5.74. The van der Waals surface area contributed by atoms with Crippen molar-refractivity contribution in [3.05, 3.63) is 82.5 Å². The Balaban J connectivity index is 1.62. The van der Waals surface area contributed by atoms with Gasteiger partial charge in [0, 0.05) is 40.7 Å². The van der Waals surface area contributed by atoms with Crippen LogP contribution in [0.2, 0.25) is 0 Å². The largest absolute Gasteiger partial charge is 0.355 e.